The van der Waals surface area contributed by atoms with Gasteiger partial charge in [0.2, 0.25) is 0 Å². The van der Waals surface area contributed by atoms with E-state index in [2.05, 4.69) is 15.4 Å². The third-order valence-electron chi connectivity index (χ3n) is 0.919. The third kappa shape index (κ3) is 10.0. The molecular formula is C6H12O3S2. The minimum atomic E-state index is -3.41. The lowest BCUT2D eigenvalue weighted by atomic mass is 10.3. The highest BCUT2D eigenvalue weighted by Crippen LogP contribution is 1.92. The van der Waals surface area contributed by atoms with E-state index in [1.165, 1.54) is 0 Å². The van der Waals surface area contributed by atoms with Crippen molar-refractivity contribution in [1.82, 2.24) is 0 Å². The molecule has 0 bridgehead atoms. The van der Waals surface area contributed by atoms with Gasteiger partial charge in [0.25, 0.3) is 9.05 Å². The SMILES string of the molecule is CCC=CCCOS(=O)(O)=S. The zero-order valence-corrected chi connectivity index (χ0v) is 7.99. The summed E-state index contributed by atoms with van der Waals surface area (Å²) in [6.45, 7) is 2.22. The van der Waals surface area contributed by atoms with E-state index < -0.39 is 9.05 Å². The Morgan fingerprint density at radius 1 is 1.64 bits per heavy atom. The molecule has 0 heterocycles. The van der Waals surface area contributed by atoms with Crippen LogP contribution in [0.15, 0.2) is 12.2 Å². The Bertz CT molecular complexity index is 206. The zero-order valence-electron chi connectivity index (χ0n) is 6.36. The summed E-state index contributed by atoms with van der Waals surface area (Å²) < 4.78 is 23.2. The maximum absolute atomic E-state index is 10.3. The molecule has 5 heteroatoms. The molecule has 0 radical (unpaired) electrons. The van der Waals surface area contributed by atoms with Gasteiger partial charge in [0.15, 0.2) is 0 Å². The second kappa shape index (κ2) is 5.65. The summed E-state index contributed by atoms with van der Waals surface area (Å²) in [6, 6.07) is 0. The molecule has 0 rings (SSSR count). The van der Waals surface area contributed by atoms with Gasteiger partial charge in [0.05, 0.1) is 6.61 Å². The first kappa shape index (κ1) is 11.0. The van der Waals surface area contributed by atoms with Crippen LogP contribution in [-0.2, 0) is 24.4 Å². The molecule has 0 saturated heterocycles. The highest BCUT2D eigenvalue weighted by molar-refractivity contribution is 8.27. The van der Waals surface area contributed by atoms with Crippen LogP contribution in [0.3, 0.4) is 0 Å². The average molecular weight is 196 g/mol. The van der Waals surface area contributed by atoms with Gasteiger partial charge < -0.3 is 0 Å². The molecule has 0 aliphatic heterocycles. The van der Waals surface area contributed by atoms with Crippen LogP contribution in [0.1, 0.15) is 19.8 Å². The Morgan fingerprint density at radius 3 is 2.73 bits per heavy atom. The van der Waals surface area contributed by atoms with Crippen molar-refractivity contribution in [1.29, 1.82) is 0 Å². The van der Waals surface area contributed by atoms with E-state index >= 15 is 0 Å². The van der Waals surface area contributed by atoms with Gasteiger partial charge in [0.1, 0.15) is 0 Å². The molecule has 0 aliphatic rings. The molecule has 66 valence electrons. The van der Waals surface area contributed by atoms with Crippen LogP contribution < -0.4 is 0 Å². The molecule has 1 N–H and O–H groups in total. The number of rotatable bonds is 5. The Balaban J connectivity index is 3.36. The number of hydrogen-bond donors (Lipinski definition) is 1. The van der Waals surface area contributed by atoms with E-state index in [4.69, 9.17) is 4.55 Å². The smallest absolute Gasteiger partial charge is 0.266 e. The second-order valence-electron chi connectivity index (χ2n) is 1.92. The van der Waals surface area contributed by atoms with Crippen molar-refractivity contribution in [3.63, 3.8) is 0 Å². The standard InChI is InChI=1S/C6H12O3S2/c1-2-3-4-5-6-9-11(7,8)10/h3-4H,2,5-6H2,1H3,(H,7,8,10). The zero-order chi connectivity index (χ0) is 8.74. The molecule has 0 spiro atoms. The summed E-state index contributed by atoms with van der Waals surface area (Å²) in [5.41, 5.74) is 0. The predicted molar refractivity (Wildman–Crippen MR) is 48.1 cm³/mol. The van der Waals surface area contributed by atoms with Crippen molar-refractivity contribution in [2.45, 2.75) is 19.8 Å². The van der Waals surface area contributed by atoms with Crippen LogP contribution >= 0.6 is 0 Å². The van der Waals surface area contributed by atoms with E-state index in [1.54, 1.807) is 0 Å². The molecule has 1 atom stereocenters. The maximum Gasteiger partial charge on any atom is 0.266 e. The Labute approximate surface area is 72.2 Å². The molecule has 0 saturated carbocycles. The molecule has 0 aromatic heterocycles. The van der Waals surface area contributed by atoms with Gasteiger partial charge in [-0.2, -0.15) is 4.21 Å². The summed E-state index contributed by atoms with van der Waals surface area (Å²) in [4.78, 5) is 0. The summed E-state index contributed by atoms with van der Waals surface area (Å²) in [5, 5.41) is 0. The molecule has 11 heavy (non-hydrogen) atoms. The summed E-state index contributed by atoms with van der Waals surface area (Å²) in [7, 11) is -3.41. The largest absolute Gasteiger partial charge is 0.285 e. The highest BCUT2D eigenvalue weighted by Gasteiger charge is 1.95. The van der Waals surface area contributed by atoms with Crippen LogP contribution in [0.2, 0.25) is 0 Å². The molecule has 0 amide bonds. The molecule has 0 aromatic rings. The van der Waals surface area contributed by atoms with Crippen LogP contribution in [0.25, 0.3) is 0 Å². The van der Waals surface area contributed by atoms with Crippen molar-refractivity contribution < 1.29 is 12.9 Å². The Morgan fingerprint density at radius 2 is 2.27 bits per heavy atom. The minimum Gasteiger partial charge on any atom is -0.285 e. The van der Waals surface area contributed by atoms with Crippen molar-refractivity contribution in [3.8, 4) is 0 Å². The molecule has 0 aromatic carbocycles. The van der Waals surface area contributed by atoms with Crippen molar-refractivity contribution in [2.24, 2.45) is 0 Å². The molecule has 0 fully saturated rings. The van der Waals surface area contributed by atoms with Crippen molar-refractivity contribution in [3.05, 3.63) is 12.2 Å². The van der Waals surface area contributed by atoms with Gasteiger partial charge in [-0.05, 0) is 12.8 Å². The molecule has 3 nitrogen and oxygen atoms in total. The Kier molecular flexibility index (Phi) is 5.67. The van der Waals surface area contributed by atoms with Gasteiger partial charge in [-0.1, -0.05) is 19.1 Å². The van der Waals surface area contributed by atoms with E-state index in [-0.39, 0.29) is 6.61 Å². The fraction of sp³-hybridized carbons (Fsp3) is 0.667. The van der Waals surface area contributed by atoms with Crippen LogP contribution in [0.4, 0.5) is 0 Å². The molecule has 0 aliphatic carbocycles. The van der Waals surface area contributed by atoms with E-state index in [9.17, 15) is 4.21 Å². The topological polar surface area (TPSA) is 46.5 Å². The number of allylic oxidation sites excluding steroid dienone is 1. The van der Waals surface area contributed by atoms with Crippen LogP contribution in [0, 0.1) is 0 Å². The van der Waals surface area contributed by atoms with Gasteiger partial charge in [-0.15, -0.1) is 0 Å². The minimum absolute atomic E-state index is 0.204. The van der Waals surface area contributed by atoms with Crippen LogP contribution in [0.5, 0.6) is 0 Å². The van der Waals surface area contributed by atoms with E-state index in [0.29, 0.717) is 6.42 Å². The van der Waals surface area contributed by atoms with Gasteiger partial charge in [-0.25, -0.2) is 0 Å². The second-order valence-corrected chi connectivity index (χ2v) is 4.27. The summed E-state index contributed by atoms with van der Waals surface area (Å²) in [6.07, 6.45) is 5.44. The lowest BCUT2D eigenvalue weighted by molar-refractivity contribution is 0.310. The third-order valence-corrected chi connectivity index (χ3v) is 1.67. The first-order valence-corrected chi connectivity index (χ1v) is 5.69. The lowest BCUT2D eigenvalue weighted by Crippen LogP contribution is -2.02. The van der Waals surface area contributed by atoms with Crippen LogP contribution in [-0.4, -0.2) is 15.4 Å². The maximum atomic E-state index is 10.3. The molecular weight excluding hydrogens is 184 g/mol. The quantitative estimate of drug-likeness (QED) is 0.534. The predicted octanol–water partition coefficient (Wildman–Crippen LogP) is 1.49. The highest BCUT2D eigenvalue weighted by atomic mass is 32.9. The van der Waals surface area contributed by atoms with Crippen molar-refractivity contribution in [2.75, 3.05) is 6.61 Å². The normalized spacial score (nSPS) is 16.9. The number of hydrogen-bond acceptors (Lipinski definition) is 3. The monoisotopic (exact) mass is 196 g/mol. The summed E-state index contributed by atoms with van der Waals surface area (Å²) in [5.74, 6) is 0. The molecule has 1 unspecified atom stereocenters. The fourth-order valence-electron chi connectivity index (χ4n) is 0.506. The van der Waals surface area contributed by atoms with Gasteiger partial charge in [0, 0.05) is 11.2 Å². The average Bonchev–Trinajstić information content (AvgIpc) is 1.85. The van der Waals surface area contributed by atoms with E-state index in [0.717, 1.165) is 6.42 Å². The Hall–Kier alpha value is 0.0300. The first-order valence-electron chi connectivity index (χ1n) is 3.33. The van der Waals surface area contributed by atoms with Crippen molar-refractivity contribution >= 4 is 20.2 Å². The summed E-state index contributed by atoms with van der Waals surface area (Å²) >= 11 is 4.10. The fourth-order valence-corrected chi connectivity index (χ4v) is 1.02. The van der Waals surface area contributed by atoms with E-state index in [1.807, 2.05) is 19.1 Å². The van der Waals surface area contributed by atoms with Gasteiger partial charge in [-0.3, -0.25) is 8.74 Å². The first-order chi connectivity index (χ1) is 5.06. The lowest BCUT2D eigenvalue weighted by Gasteiger charge is -1.97. The van der Waals surface area contributed by atoms with Gasteiger partial charge >= 0.3 is 0 Å².